The highest BCUT2D eigenvalue weighted by Crippen LogP contribution is 2.26. The maximum Gasteiger partial charge on any atom is 0.234 e. The molecule has 146 valence electrons. The number of nitrogens with zero attached hydrogens (tertiary/aromatic N) is 1. The average Bonchev–Trinajstić information content (AvgIpc) is 3.21. The van der Waals surface area contributed by atoms with Gasteiger partial charge >= 0.3 is 0 Å². The average molecular weight is 400 g/mol. The first kappa shape index (κ1) is 20.2. The van der Waals surface area contributed by atoms with Crippen LogP contribution in [0.1, 0.15) is 35.0 Å². The Kier molecular flexibility index (Phi) is 6.54. The van der Waals surface area contributed by atoms with Crippen molar-refractivity contribution >= 4 is 17.2 Å². The van der Waals surface area contributed by atoms with Crippen LogP contribution in [0.15, 0.2) is 66.0 Å². The molecule has 2 unspecified atom stereocenters. The van der Waals surface area contributed by atoms with Crippen LogP contribution in [0.2, 0.25) is 0 Å². The quantitative estimate of drug-likeness (QED) is 0.610. The van der Waals surface area contributed by atoms with E-state index < -0.39 is 0 Å². The number of rotatable bonds is 7. The molecule has 1 aromatic heterocycles. The van der Waals surface area contributed by atoms with Gasteiger partial charge in [-0.05, 0) is 60.8 Å². The maximum absolute atomic E-state index is 13.3. The van der Waals surface area contributed by atoms with Gasteiger partial charge in [-0.2, -0.15) is 0 Å². The number of amides is 1. The van der Waals surface area contributed by atoms with Crippen LogP contribution in [0, 0.1) is 11.6 Å². The Morgan fingerprint density at radius 3 is 2.11 bits per heavy atom. The number of halogens is 2. The summed E-state index contributed by atoms with van der Waals surface area (Å²) < 4.78 is 26.4. The van der Waals surface area contributed by atoms with E-state index in [1.54, 1.807) is 24.3 Å². The van der Waals surface area contributed by atoms with Crippen LogP contribution in [0.3, 0.4) is 0 Å². The monoisotopic (exact) mass is 400 g/mol. The van der Waals surface area contributed by atoms with E-state index in [1.807, 2.05) is 36.4 Å². The Balaban J connectivity index is 1.69. The van der Waals surface area contributed by atoms with E-state index in [4.69, 9.17) is 0 Å². The molecule has 0 saturated carbocycles. The molecule has 1 amide bonds. The highest BCUT2D eigenvalue weighted by Gasteiger charge is 2.20. The number of hydrogen-bond acceptors (Lipinski definition) is 3. The van der Waals surface area contributed by atoms with Gasteiger partial charge in [0.1, 0.15) is 11.6 Å². The standard InChI is InChI=1S/C22H22F2N2OS/c1-15(16-5-9-18(23)10-6-16)26(2)14-21(27)25-22(20-4-3-13-28-20)17-7-11-19(24)12-8-17/h3-13,15,22H,14H2,1-2H3,(H,25,27). The van der Waals surface area contributed by atoms with Crippen molar-refractivity contribution in [2.45, 2.75) is 19.0 Å². The zero-order valence-corrected chi connectivity index (χ0v) is 16.5. The number of nitrogens with one attached hydrogen (secondary N) is 1. The SMILES string of the molecule is CC(c1ccc(F)cc1)N(C)CC(=O)NC(c1ccc(F)cc1)c1cccs1. The summed E-state index contributed by atoms with van der Waals surface area (Å²) in [7, 11) is 1.85. The molecule has 2 aromatic carbocycles. The van der Waals surface area contributed by atoms with Crippen LogP contribution < -0.4 is 5.32 Å². The van der Waals surface area contributed by atoms with Gasteiger partial charge in [-0.1, -0.05) is 30.3 Å². The molecule has 3 rings (SSSR count). The Hall–Kier alpha value is -2.57. The fraction of sp³-hybridized carbons (Fsp3) is 0.227. The second-order valence-corrected chi connectivity index (χ2v) is 7.69. The minimum absolute atomic E-state index is 0.0441. The molecule has 1 heterocycles. The summed E-state index contributed by atoms with van der Waals surface area (Å²) in [5.74, 6) is -0.735. The van der Waals surface area contributed by atoms with Crippen LogP contribution in [-0.2, 0) is 4.79 Å². The summed E-state index contributed by atoms with van der Waals surface area (Å²) in [5, 5.41) is 4.99. The molecular weight excluding hydrogens is 378 g/mol. The Bertz CT molecular complexity index is 895. The lowest BCUT2D eigenvalue weighted by Crippen LogP contribution is -2.38. The maximum atomic E-state index is 13.3. The fourth-order valence-electron chi connectivity index (χ4n) is 3.00. The van der Waals surface area contributed by atoms with Gasteiger partial charge < -0.3 is 5.32 Å². The van der Waals surface area contributed by atoms with Gasteiger partial charge in [0.25, 0.3) is 0 Å². The van der Waals surface area contributed by atoms with Gasteiger partial charge in [0, 0.05) is 10.9 Å². The second-order valence-electron chi connectivity index (χ2n) is 6.71. The fourth-order valence-corrected chi connectivity index (χ4v) is 3.80. The molecule has 28 heavy (non-hydrogen) atoms. The van der Waals surface area contributed by atoms with Crippen molar-refractivity contribution in [3.63, 3.8) is 0 Å². The molecule has 1 N–H and O–H groups in total. The molecule has 0 spiro atoms. The molecular formula is C22H22F2N2OS. The van der Waals surface area contributed by atoms with Gasteiger partial charge in [-0.25, -0.2) is 8.78 Å². The topological polar surface area (TPSA) is 32.3 Å². The molecule has 0 radical (unpaired) electrons. The lowest BCUT2D eigenvalue weighted by atomic mass is 10.0. The van der Waals surface area contributed by atoms with Gasteiger partial charge in [-0.15, -0.1) is 11.3 Å². The first-order chi connectivity index (χ1) is 13.4. The highest BCUT2D eigenvalue weighted by atomic mass is 32.1. The molecule has 0 aliphatic carbocycles. The van der Waals surface area contributed by atoms with E-state index in [1.165, 1.54) is 35.6 Å². The van der Waals surface area contributed by atoms with E-state index in [0.717, 1.165) is 16.0 Å². The van der Waals surface area contributed by atoms with Gasteiger partial charge in [0.05, 0.1) is 12.6 Å². The number of carbonyl (C=O) groups is 1. The van der Waals surface area contributed by atoms with Gasteiger partial charge in [-0.3, -0.25) is 9.69 Å². The predicted octanol–water partition coefficient (Wildman–Crippen LogP) is 4.92. The van der Waals surface area contributed by atoms with Crippen LogP contribution in [0.25, 0.3) is 0 Å². The van der Waals surface area contributed by atoms with Crippen molar-refractivity contribution in [1.29, 1.82) is 0 Å². The van der Waals surface area contributed by atoms with Gasteiger partial charge in [0.15, 0.2) is 0 Å². The summed E-state index contributed by atoms with van der Waals surface area (Å²) in [5.41, 5.74) is 1.76. The van der Waals surface area contributed by atoms with Gasteiger partial charge in [0.2, 0.25) is 5.91 Å². The third kappa shape index (κ3) is 5.03. The van der Waals surface area contributed by atoms with Crippen molar-refractivity contribution in [3.8, 4) is 0 Å². The number of carbonyl (C=O) groups excluding carboxylic acids is 1. The van der Waals surface area contributed by atoms with E-state index in [-0.39, 0.29) is 36.2 Å². The molecule has 3 nitrogen and oxygen atoms in total. The summed E-state index contributed by atoms with van der Waals surface area (Å²) in [6.45, 7) is 2.15. The molecule has 0 aliphatic rings. The molecule has 0 aliphatic heterocycles. The minimum atomic E-state index is -0.331. The van der Waals surface area contributed by atoms with E-state index in [0.29, 0.717) is 0 Å². The molecule has 0 bridgehead atoms. The third-order valence-corrected chi connectivity index (χ3v) is 5.68. The Morgan fingerprint density at radius 2 is 1.57 bits per heavy atom. The largest absolute Gasteiger partial charge is 0.343 e. The smallest absolute Gasteiger partial charge is 0.234 e. The summed E-state index contributed by atoms with van der Waals surface area (Å²) in [6, 6.07) is 15.9. The minimum Gasteiger partial charge on any atom is -0.343 e. The number of thiophene rings is 1. The van der Waals surface area contributed by atoms with Crippen molar-refractivity contribution < 1.29 is 13.6 Å². The van der Waals surface area contributed by atoms with Crippen molar-refractivity contribution in [2.75, 3.05) is 13.6 Å². The highest BCUT2D eigenvalue weighted by molar-refractivity contribution is 7.10. The lowest BCUT2D eigenvalue weighted by molar-refractivity contribution is -0.122. The third-order valence-electron chi connectivity index (χ3n) is 4.74. The predicted molar refractivity (Wildman–Crippen MR) is 108 cm³/mol. The lowest BCUT2D eigenvalue weighted by Gasteiger charge is -2.26. The molecule has 0 saturated heterocycles. The van der Waals surface area contributed by atoms with Crippen LogP contribution >= 0.6 is 11.3 Å². The van der Waals surface area contributed by atoms with Crippen LogP contribution in [0.5, 0.6) is 0 Å². The number of benzene rings is 2. The molecule has 2 atom stereocenters. The van der Waals surface area contributed by atoms with E-state index in [2.05, 4.69) is 5.32 Å². The van der Waals surface area contributed by atoms with E-state index in [9.17, 15) is 13.6 Å². The summed E-state index contributed by atoms with van der Waals surface area (Å²) >= 11 is 1.54. The Morgan fingerprint density at radius 1 is 1.00 bits per heavy atom. The van der Waals surface area contributed by atoms with Crippen molar-refractivity contribution in [1.82, 2.24) is 10.2 Å². The Labute approximate surface area is 167 Å². The number of likely N-dealkylation sites (N-methyl/N-ethyl adjacent to an activating group) is 1. The normalized spacial score (nSPS) is 13.3. The molecule has 3 aromatic rings. The summed E-state index contributed by atoms with van der Waals surface area (Å²) in [4.78, 5) is 15.6. The van der Waals surface area contributed by atoms with Crippen LogP contribution in [-0.4, -0.2) is 24.4 Å². The first-order valence-electron chi connectivity index (χ1n) is 8.98. The molecule has 6 heteroatoms. The summed E-state index contributed by atoms with van der Waals surface area (Å²) in [6.07, 6.45) is 0. The number of hydrogen-bond donors (Lipinski definition) is 1. The van der Waals surface area contributed by atoms with Crippen LogP contribution in [0.4, 0.5) is 8.78 Å². The zero-order valence-electron chi connectivity index (χ0n) is 15.7. The molecule has 0 fully saturated rings. The second kappa shape index (κ2) is 9.08. The van der Waals surface area contributed by atoms with Crippen molar-refractivity contribution in [3.05, 3.63) is 93.7 Å². The first-order valence-corrected chi connectivity index (χ1v) is 9.86. The zero-order chi connectivity index (χ0) is 20.1. The van der Waals surface area contributed by atoms with Crippen molar-refractivity contribution in [2.24, 2.45) is 0 Å². The van der Waals surface area contributed by atoms with E-state index >= 15 is 0 Å².